The van der Waals surface area contributed by atoms with Crippen LogP contribution in [-0.4, -0.2) is 39.7 Å². The van der Waals surface area contributed by atoms with Crippen LogP contribution in [-0.2, 0) is 16.0 Å². The van der Waals surface area contributed by atoms with E-state index in [0.717, 1.165) is 0 Å². The minimum absolute atomic E-state index is 0.226. The van der Waals surface area contributed by atoms with Gasteiger partial charge in [-0.2, -0.15) is 0 Å². The highest BCUT2D eigenvalue weighted by Gasteiger charge is 2.38. The number of ether oxygens (including phenoxy) is 1. The lowest BCUT2D eigenvalue weighted by Gasteiger charge is -2.22. The van der Waals surface area contributed by atoms with E-state index >= 15 is 0 Å². The standard InChI is InChI=1S/C11H12O6/c12-9(13)11(16,7-17-10(14)15)6-8-4-2-1-3-5-8/h1-5,16H,6-7H2,(H,12,13)(H,14,15). The van der Waals surface area contributed by atoms with Crippen molar-refractivity contribution >= 4 is 12.1 Å². The van der Waals surface area contributed by atoms with Gasteiger partial charge in [-0.15, -0.1) is 0 Å². The SMILES string of the molecule is O=C(O)OCC(O)(Cc1ccccc1)C(=O)O. The van der Waals surface area contributed by atoms with Gasteiger partial charge in [0.1, 0.15) is 6.61 Å². The summed E-state index contributed by atoms with van der Waals surface area (Å²) in [6.45, 7) is -0.813. The Balaban J connectivity index is 2.78. The molecule has 0 aliphatic rings. The Kier molecular flexibility index (Phi) is 4.06. The molecule has 1 atom stereocenters. The number of carboxylic acid groups (broad SMARTS) is 2. The van der Waals surface area contributed by atoms with E-state index in [9.17, 15) is 14.7 Å². The van der Waals surface area contributed by atoms with E-state index in [1.807, 2.05) is 0 Å². The van der Waals surface area contributed by atoms with Gasteiger partial charge in [0.05, 0.1) is 0 Å². The molecule has 0 amide bonds. The molecule has 0 aliphatic carbocycles. The van der Waals surface area contributed by atoms with Gasteiger partial charge in [-0.3, -0.25) is 0 Å². The minimum atomic E-state index is -2.25. The summed E-state index contributed by atoms with van der Waals surface area (Å²) in [6, 6.07) is 8.39. The van der Waals surface area contributed by atoms with Crippen LogP contribution in [0.15, 0.2) is 30.3 Å². The van der Waals surface area contributed by atoms with Crippen molar-refractivity contribution < 1.29 is 29.6 Å². The summed E-state index contributed by atoms with van der Waals surface area (Å²) in [5.74, 6) is -1.53. The molecule has 0 radical (unpaired) electrons. The summed E-state index contributed by atoms with van der Waals surface area (Å²) >= 11 is 0. The first-order valence-corrected chi connectivity index (χ1v) is 4.79. The molecule has 0 fully saturated rings. The molecule has 0 bridgehead atoms. The molecule has 6 nitrogen and oxygen atoms in total. The number of hydrogen-bond acceptors (Lipinski definition) is 4. The smallest absolute Gasteiger partial charge is 0.479 e. The molecule has 1 rings (SSSR count). The maximum absolute atomic E-state index is 10.9. The first kappa shape index (κ1) is 13.0. The van der Waals surface area contributed by atoms with Crippen LogP contribution >= 0.6 is 0 Å². The van der Waals surface area contributed by atoms with Crippen molar-refractivity contribution in [3.8, 4) is 0 Å². The minimum Gasteiger partial charge on any atom is -0.479 e. The molecule has 92 valence electrons. The summed E-state index contributed by atoms with van der Waals surface area (Å²) in [7, 11) is 0. The van der Waals surface area contributed by atoms with E-state index in [4.69, 9.17) is 10.2 Å². The van der Waals surface area contributed by atoms with Crippen LogP contribution in [0.1, 0.15) is 5.56 Å². The molecule has 0 spiro atoms. The fraction of sp³-hybridized carbons (Fsp3) is 0.273. The van der Waals surface area contributed by atoms with E-state index in [2.05, 4.69) is 4.74 Å². The van der Waals surface area contributed by atoms with E-state index in [0.29, 0.717) is 5.56 Å². The zero-order valence-corrected chi connectivity index (χ0v) is 8.87. The third-order valence-corrected chi connectivity index (χ3v) is 2.17. The molecule has 6 heteroatoms. The van der Waals surface area contributed by atoms with Crippen molar-refractivity contribution in [2.75, 3.05) is 6.61 Å². The monoisotopic (exact) mass is 240 g/mol. The summed E-state index contributed by atoms with van der Waals surface area (Å²) in [4.78, 5) is 21.1. The lowest BCUT2D eigenvalue weighted by atomic mass is 9.95. The Morgan fingerprint density at radius 2 is 1.76 bits per heavy atom. The predicted molar refractivity (Wildman–Crippen MR) is 56.7 cm³/mol. The fourth-order valence-corrected chi connectivity index (χ4v) is 1.30. The first-order valence-electron chi connectivity index (χ1n) is 4.79. The van der Waals surface area contributed by atoms with E-state index in [-0.39, 0.29) is 6.42 Å². The van der Waals surface area contributed by atoms with Crippen molar-refractivity contribution in [3.63, 3.8) is 0 Å². The van der Waals surface area contributed by atoms with Crippen LogP contribution in [0.3, 0.4) is 0 Å². The molecule has 0 aliphatic heterocycles. The Morgan fingerprint density at radius 3 is 2.24 bits per heavy atom. The second-order valence-corrected chi connectivity index (χ2v) is 3.55. The van der Waals surface area contributed by atoms with E-state index in [1.54, 1.807) is 30.3 Å². The largest absolute Gasteiger partial charge is 0.505 e. The zero-order valence-electron chi connectivity index (χ0n) is 8.87. The molecular formula is C11H12O6. The molecular weight excluding hydrogens is 228 g/mol. The topological polar surface area (TPSA) is 104 Å². The van der Waals surface area contributed by atoms with Crippen LogP contribution in [0.25, 0.3) is 0 Å². The third kappa shape index (κ3) is 3.76. The second kappa shape index (κ2) is 5.31. The van der Waals surface area contributed by atoms with Gasteiger partial charge in [0, 0.05) is 6.42 Å². The Bertz CT molecular complexity index is 402. The molecule has 0 saturated heterocycles. The molecule has 3 N–H and O–H groups in total. The predicted octanol–water partition coefficient (Wildman–Crippen LogP) is 0.739. The molecule has 1 unspecified atom stereocenters. The third-order valence-electron chi connectivity index (χ3n) is 2.17. The zero-order chi connectivity index (χ0) is 12.9. The van der Waals surface area contributed by atoms with Crippen LogP contribution in [0.5, 0.6) is 0 Å². The highest BCUT2D eigenvalue weighted by molar-refractivity contribution is 5.78. The van der Waals surface area contributed by atoms with Gasteiger partial charge in [-0.1, -0.05) is 30.3 Å². The Morgan fingerprint density at radius 1 is 1.18 bits per heavy atom. The van der Waals surface area contributed by atoms with E-state index < -0.39 is 24.3 Å². The summed E-state index contributed by atoms with van der Waals surface area (Å²) in [5.41, 5.74) is -1.67. The van der Waals surface area contributed by atoms with Gasteiger partial charge in [-0.25, -0.2) is 9.59 Å². The number of aliphatic hydroxyl groups is 1. The molecule has 0 heterocycles. The van der Waals surface area contributed by atoms with Gasteiger partial charge < -0.3 is 20.1 Å². The number of benzene rings is 1. The quantitative estimate of drug-likeness (QED) is 0.656. The molecule has 17 heavy (non-hydrogen) atoms. The maximum atomic E-state index is 10.9. The first-order chi connectivity index (χ1) is 7.94. The van der Waals surface area contributed by atoms with Crippen molar-refractivity contribution in [3.05, 3.63) is 35.9 Å². The van der Waals surface area contributed by atoms with Crippen molar-refractivity contribution in [1.29, 1.82) is 0 Å². The lowest BCUT2D eigenvalue weighted by Crippen LogP contribution is -2.45. The second-order valence-electron chi connectivity index (χ2n) is 3.55. The summed E-state index contributed by atoms with van der Waals surface area (Å²) < 4.78 is 4.13. The van der Waals surface area contributed by atoms with Gasteiger partial charge in [-0.05, 0) is 5.56 Å². The summed E-state index contributed by atoms with van der Waals surface area (Å²) in [6.07, 6.45) is -1.85. The maximum Gasteiger partial charge on any atom is 0.505 e. The van der Waals surface area contributed by atoms with Crippen LogP contribution in [0.4, 0.5) is 4.79 Å². The number of rotatable bonds is 5. The van der Waals surface area contributed by atoms with Crippen LogP contribution in [0, 0.1) is 0 Å². The highest BCUT2D eigenvalue weighted by Crippen LogP contribution is 2.14. The van der Waals surface area contributed by atoms with Crippen molar-refractivity contribution in [1.82, 2.24) is 0 Å². The number of hydrogen-bond donors (Lipinski definition) is 3. The van der Waals surface area contributed by atoms with Crippen LogP contribution in [0.2, 0.25) is 0 Å². The summed E-state index contributed by atoms with van der Waals surface area (Å²) in [5, 5.41) is 27.0. The van der Waals surface area contributed by atoms with Crippen molar-refractivity contribution in [2.45, 2.75) is 12.0 Å². The molecule has 1 aromatic rings. The number of aliphatic carboxylic acids is 1. The Hall–Kier alpha value is -2.08. The highest BCUT2D eigenvalue weighted by atomic mass is 16.7. The molecule has 0 aromatic heterocycles. The Labute approximate surface area is 97.1 Å². The van der Waals surface area contributed by atoms with Gasteiger partial charge >= 0.3 is 12.1 Å². The van der Waals surface area contributed by atoms with Gasteiger partial charge in [0.2, 0.25) is 0 Å². The number of carbonyl (C=O) groups is 2. The molecule has 0 saturated carbocycles. The van der Waals surface area contributed by atoms with Gasteiger partial charge in [0.25, 0.3) is 0 Å². The lowest BCUT2D eigenvalue weighted by molar-refractivity contribution is -0.163. The van der Waals surface area contributed by atoms with Gasteiger partial charge in [0.15, 0.2) is 5.60 Å². The van der Waals surface area contributed by atoms with Crippen LogP contribution < -0.4 is 0 Å². The average molecular weight is 240 g/mol. The number of carboxylic acids is 1. The van der Waals surface area contributed by atoms with E-state index in [1.165, 1.54) is 0 Å². The fourth-order valence-electron chi connectivity index (χ4n) is 1.30. The average Bonchev–Trinajstić information content (AvgIpc) is 2.27. The molecule has 1 aromatic carbocycles. The van der Waals surface area contributed by atoms with Crippen molar-refractivity contribution in [2.24, 2.45) is 0 Å². The normalized spacial score (nSPS) is 13.7.